The average Bonchev–Trinajstić information content (AvgIpc) is 2.37. The summed E-state index contributed by atoms with van der Waals surface area (Å²) in [6, 6.07) is 7.03. The van der Waals surface area contributed by atoms with Crippen molar-refractivity contribution >= 4 is 5.69 Å². The summed E-state index contributed by atoms with van der Waals surface area (Å²) in [5.41, 5.74) is 1.21. The second-order valence-corrected chi connectivity index (χ2v) is 4.39. The van der Waals surface area contributed by atoms with Gasteiger partial charge in [-0.05, 0) is 38.3 Å². The first-order valence-electron chi connectivity index (χ1n) is 6.21. The molecule has 0 aromatic heterocycles. The van der Waals surface area contributed by atoms with Crippen molar-refractivity contribution in [3.63, 3.8) is 0 Å². The van der Waals surface area contributed by atoms with E-state index in [1.165, 1.54) is 12.1 Å². The summed E-state index contributed by atoms with van der Waals surface area (Å²) >= 11 is 0. The van der Waals surface area contributed by atoms with Gasteiger partial charge in [-0.25, -0.2) is 0 Å². The summed E-state index contributed by atoms with van der Waals surface area (Å²) in [6.45, 7) is 3.16. The summed E-state index contributed by atoms with van der Waals surface area (Å²) in [7, 11) is 0. The Labute approximate surface area is 107 Å². The number of non-ortho nitro benzene ring substituents is 1. The molecule has 1 aromatic carbocycles. The topological polar surface area (TPSA) is 75.4 Å². The van der Waals surface area contributed by atoms with Gasteiger partial charge < -0.3 is 10.4 Å². The summed E-state index contributed by atoms with van der Waals surface area (Å²) in [6.07, 6.45) is 2.61. The highest BCUT2D eigenvalue weighted by molar-refractivity contribution is 5.32. The Morgan fingerprint density at radius 2 is 2.06 bits per heavy atom. The zero-order valence-electron chi connectivity index (χ0n) is 10.6. The lowest BCUT2D eigenvalue weighted by Crippen LogP contribution is -2.28. The first kappa shape index (κ1) is 14.6. The maximum atomic E-state index is 10.5. The first-order chi connectivity index (χ1) is 8.63. The second kappa shape index (κ2) is 7.79. The number of aliphatic hydroxyl groups is 1. The van der Waals surface area contributed by atoms with E-state index in [0.29, 0.717) is 6.04 Å². The van der Waals surface area contributed by atoms with Crippen molar-refractivity contribution in [1.82, 2.24) is 5.32 Å². The van der Waals surface area contributed by atoms with Gasteiger partial charge in [0.1, 0.15) is 0 Å². The molecule has 0 radical (unpaired) electrons. The molecular formula is C13H20N2O3. The van der Waals surface area contributed by atoms with Crippen LogP contribution in [0.25, 0.3) is 0 Å². The maximum absolute atomic E-state index is 10.5. The van der Waals surface area contributed by atoms with Crippen molar-refractivity contribution in [3.8, 4) is 0 Å². The number of benzene rings is 1. The molecule has 2 N–H and O–H groups in total. The van der Waals surface area contributed by atoms with Crippen LogP contribution in [-0.4, -0.2) is 29.2 Å². The van der Waals surface area contributed by atoms with Crippen LogP contribution in [0.5, 0.6) is 0 Å². The predicted octanol–water partition coefficient (Wildman–Crippen LogP) is 1.89. The van der Waals surface area contributed by atoms with Gasteiger partial charge in [0.15, 0.2) is 0 Å². The van der Waals surface area contributed by atoms with Crippen molar-refractivity contribution < 1.29 is 10.0 Å². The molecular weight excluding hydrogens is 232 g/mol. The summed E-state index contributed by atoms with van der Waals surface area (Å²) < 4.78 is 0. The van der Waals surface area contributed by atoms with Gasteiger partial charge in [0, 0.05) is 24.8 Å². The third kappa shape index (κ3) is 5.25. The Morgan fingerprint density at radius 3 is 2.61 bits per heavy atom. The van der Waals surface area contributed by atoms with Crippen molar-refractivity contribution in [2.24, 2.45) is 0 Å². The van der Waals surface area contributed by atoms with E-state index in [4.69, 9.17) is 5.11 Å². The number of nitrogens with one attached hydrogen (secondary N) is 1. The third-order valence-electron chi connectivity index (χ3n) is 2.85. The molecule has 0 spiro atoms. The molecule has 0 aliphatic heterocycles. The molecule has 0 saturated heterocycles. The van der Waals surface area contributed by atoms with Crippen LogP contribution in [0.15, 0.2) is 24.3 Å². The normalized spacial score (nSPS) is 12.3. The van der Waals surface area contributed by atoms with Gasteiger partial charge in [-0.2, -0.15) is 0 Å². The molecule has 0 aliphatic carbocycles. The van der Waals surface area contributed by atoms with Crippen molar-refractivity contribution in [3.05, 3.63) is 39.9 Å². The largest absolute Gasteiger partial charge is 0.396 e. The standard InChI is InChI=1S/C13H20N2O3/c1-11(3-2-10-16)14-9-8-12-4-6-13(7-5-12)15(17)18/h4-7,11,14,16H,2-3,8-10H2,1H3. The minimum absolute atomic E-state index is 0.128. The number of rotatable bonds is 8. The smallest absolute Gasteiger partial charge is 0.269 e. The Bertz CT molecular complexity index is 365. The van der Waals surface area contributed by atoms with Crippen LogP contribution < -0.4 is 5.32 Å². The monoisotopic (exact) mass is 252 g/mol. The van der Waals surface area contributed by atoms with Crippen LogP contribution in [0, 0.1) is 10.1 Å². The highest BCUT2D eigenvalue weighted by Crippen LogP contribution is 2.12. The van der Waals surface area contributed by atoms with Gasteiger partial charge in [0.2, 0.25) is 0 Å². The molecule has 1 aromatic rings. The summed E-state index contributed by atoms with van der Waals surface area (Å²) in [5, 5.41) is 22.6. The zero-order valence-corrected chi connectivity index (χ0v) is 10.6. The Morgan fingerprint density at radius 1 is 1.39 bits per heavy atom. The first-order valence-corrected chi connectivity index (χ1v) is 6.21. The molecule has 1 unspecified atom stereocenters. The van der Waals surface area contributed by atoms with Gasteiger partial charge >= 0.3 is 0 Å². The van der Waals surface area contributed by atoms with Crippen LogP contribution in [0.2, 0.25) is 0 Å². The Balaban J connectivity index is 2.29. The molecule has 100 valence electrons. The van der Waals surface area contributed by atoms with E-state index < -0.39 is 0 Å². The third-order valence-corrected chi connectivity index (χ3v) is 2.85. The number of hydrogen-bond acceptors (Lipinski definition) is 4. The molecule has 18 heavy (non-hydrogen) atoms. The van der Waals surface area contributed by atoms with Gasteiger partial charge in [0.25, 0.3) is 5.69 Å². The van der Waals surface area contributed by atoms with Crippen molar-refractivity contribution in [1.29, 1.82) is 0 Å². The van der Waals surface area contributed by atoms with Crippen molar-refractivity contribution in [2.45, 2.75) is 32.2 Å². The SMILES string of the molecule is CC(CCCO)NCCc1ccc([N+](=O)[O-])cc1. The molecule has 0 amide bonds. The van der Waals surface area contributed by atoms with Crippen molar-refractivity contribution in [2.75, 3.05) is 13.2 Å². The zero-order chi connectivity index (χ0) is 13.4. The quantitative estimate of drug-likeness (QED) is 0.547. The highest BCUT2D eigenvalue weighted by atomic mass is 16.6. The lowest BCUT2D eigenvalue weighted by atomic mass is 10.1. The summed E-state index contributed by atoms with van der Waals surface area (Å²) in [4.78, 5) is 10.1. The van der Waals surface area contributed by atoms with E-state index in [9.17, 15) is 10.1 Å². The fourth-order valence-corrected chi connectivity index (χ4v) is 1.75. The second-order valence-electron chi connectivity index (χ2n) is 4.39. The summed E-state index contributed by atoms with van der Waals surface area (Å²) in [5.74, 6) is 0. The minimum atomic E-state index is -0.390. The molecule has 0 bridgehead atoms. The van der Waals surface area contributed by atoms with E-state index in [-0.39, 0.29) is 17.2 Å². The molecule has 1 atom stereocenters. The molecule has 0 fully saturated rings. The van der Waals surface area contributed by atoms with Gasteiger partial charge in [0.05, 0.1) is 4.92 Å². The van der Waals surface area contributed by atoms with Crippen LogP contribution in [0.3, 0.4) is 0 Å². The Hall–Kier alpha value is -1.46. The lowest BCUT2D eigenvalue weighted by molar-refractivity contribution is -0.384. The minimum Gasteiger partial charge on any atom is -0.396 e. The number of hydrogen-bond donors (Lipinski definition) is 2. The number of nitrogens with zero attached hydrogens (tertiary/aromatic N) is 1. The van der Waals surface area contributed by atoms with E-state index >= 15 is 0 Å². The lowest BCUT2D eigenvalue weighted by Gasteiger charge is -2.12. The molecule has 1 rings (SSSR count). The van der Waals surface area contributed by atoms with Crippen LogP contribution in [0.1, 0.15) is 25.3 Å². The Kier molecular flexibility index (Phi) is 6.32. The van der Waals surface area contributed by atoms with Crippen LogP contribution in [0.4, 0.5) is 5.69 Å². The fourth-order valence-electron chi connectivity index (χ4n) is 1.75. The van der Waals surface area contributed by atoms with Crippen LogP contribution in [-0.2, 0) is 6.42 Å². The van der Waals surface area contributed by atoms with Gasteiger partial charge in [-0.1, -0.05) is 12.1 Å². The van der Waals surface area contributed by atoms with E-state index in [0.717, 1.165) is 31.4 Å². The molecule has 0 heterocycles. The maximum Gasteiger partial charge on any atom is 0.269 e. The van der Waals surface area contributed by atoms with Crippen LogP contribution >= 0.6 is 0 Å². The average molecular weight is 252 g/mol. The predicted molar refractivity (Wildman–Crippen MR) is 70.6 cm³/mol. The molecule has 5 heteroatoms. The number of nitro benzene ring substituents is 1. The highest BCUT2D eigenvalue weighted by Gasteiger charge is 2.04. The number of aliphatic hydroxyl groups excluding tert-OH is 1. The molecule has 0 saturated carbocycles. The molecule has 0 aliphatic rings. The van der Waals surface area contributed by atoms with E-state index in [2.05, 4.69) is 12.2 Å². The molecule has 5 nitrogen and oxygen atoms in total. The fraction of sp³-hybridized carbons (Fsp3) is 0.538. The number of nitro groups is 1. The van der Waals surface area contributed by atoms with Gasteiger partial charge in [-0.3, -0.25) is 10.1 Å². The van der Waals surface area contributed by atoms with Gasteiger partial charge in [-0.15, -0.1) is 0 Å². The van der Waals surface area contributed by atoms with E-state index in [1.54, 1.807) is 12.1 Å². The van der Waals surface area contributed by atoms with E-state index in [1.807, 2.05) is 0 Å².